The quantitative estimate of drug-likeness (QED) is 0.850. The Hall–Kier alpha value is -2.34. The van der Waals surface area contributed by atoms with E-state index in [-0.39, 0.29) is 11.6 Å². The van der Waals surface area contributed by atoms with Gasteiger partial charge in [-0.05, 0) is 36.6 Å². The summed E-state index contributed by atoms with van der Waals surface area (Å²) in [7, 11) is 0. The number of benzene rings is 1. The van der Waals surface area contributed by atoms with E-state index in [1.807, 2.05) is 13.8 Å². The van der Waals surface area contributed by atoms with Gasteiger partial charge >= 0.3 is 5.97 Å². The summed E-state index contributed by atoms with van der Waals surface area (Å²) in [5.74, 6) is -1.42. The minimum atomic E-state index is -1.05. The highest BCUT2D eigenvalue weighted by atomic mass is 35.5. The average molecular weight is 336 g/mol. The molecule has 2 rings (SSSR count). The third-order valence-corrected chi connectivity index (χ3v) is 3.44. The lowest BCUT2D eigenvalue weighted by molar-refractivity contribution is -0.139. The number of aliphatic carboxylic acids is 1. The lowest BCUT2D eigenvalue weighted by Crippen LogP contribution is -2.41. The molecule has 1 atom stereocenters. The second-order valence-corrected chi connectivity index (χ2v) is 6.06. The first-order valence-corrected chi connectivity index (χ1v) is 7.60. The van der Waals surface area contributed by atoms with E-state index in [0.717, 1.165) is 0 Å². The normalized spacial score (nSPS) is 12.2. The monoisotopic (exact) mass is 335 g/mol. The van der Waals surface area contributed by atoms with Crippen LogP contribution in [0, 0.1) is 5.92 Å². The molecule has 122 valence electrons. The highest BCUT2D eigenvalue weighted by Crippen LogP contribution is 2.14. The Morgan fingerprint density at radius 3 is 2.70 bits per heavy atom. The largest absolute Gasteiger partial charge is 0.480 e. The molecule has 0 saturated carbocycles. The first-order valence-electron chi connectivity index (χ1n) is 7.22. The Bertz CT molecular complexity index is 712. The van der Waals surface area contributed by atoms with Crippen LogP contribution in [0.25, 0.3) is 5.69 Å². The third-order valence-electron chi connectivity index (χ3n) is 3.20. The molecule has 0 saturated heterocycles. The van der Waals surface area contributed by atoms with E-state index < -0.39 is 17.9 Å². The van der Waals surface area contributed by atoms with Crippen LogP contribution in [0.2, 0.25) is 5.02 Å². The fourth-order valence-electron chi connectivity index (χ4n) is 2.13. The molecule has 0 aliphatic rings. The molecule has 2 aromatic rings. The lowest BCUT2D eigenvalue weighted by Gasteiger charge is -2.15. The van der Waals surface area contributed by atoms with Gasteiger partial charge in [-0.3, -0.25) is 4.79 Å². The molecule has 1 heterocycles. The molecule has 1 aromatic heterocycles. The molecule has 2 N–H and O–H groups in total. The van der Waals surface area contributed by atoms with Gasteiger partial charge in [-0.2, -0.15) is 5.10 Å². The van der Waals surface area contributed by atoms with Crippen LogP contribution >= 0.6 is 11.6 Å². The Kier molecular flexibility index (Phi) is 5.39. The van der Waals surface area contributed by atoms with Gasteiger partial charge in [0.25, 0.3) is 5.91 Å². The smallest absolute Gasteiger partial charge is 0.326 e. The van der Waals surface area contributed by atoms with E-state index in [1.165, 1.54) is 10.7 Å². The van der Waals surface area contributed by atoms with Crippen molar-refractivity contribution in [3.8, 4) is 5.69 Å². The first kappa shape index (κ1) is 17.0. The number of carbonyl (C=O) groups excluding carboxylic acids is 1. The fourth-order valence-corrected chi connectivity index (χ4v) is 2.32. The molecule has 0 aliphatic carbocycles. The molecule has 0 bridgehead atoms. The highest BCUT2D eigenvalue weighted by molar-refractivity contribution is 6.30. The first-order chi connectivity index (χ1) is 10.9. The van der Waals surface area contributed by atoms with E-state index in [0.29, 0.717) is 17.1 Å². The van der Waals surface area contributed by atoms with Gasteiger partial charge in [-0.1, -0.05) is 31.5 Å². The number of amides is 1. The fraction of sp³-hybridized carbons (Fsp3) is 0.312. The Morgan fingerprint density at radius 2 is 2.09 bits per heavy atom. The Labute approximate surface area is 139 Å². The van der Waals surface area contributed by atoms with E-state index in [4.69, 9.17) is 11.6 Å². The maximum atomic E-state index is 12.2. The Balaban J connectivity index is 2.13. The lowest BCUT2D eigenvalue weighted by atomic mass is 10.0. The molecule has 23 heavy (non-hydrogen) atoms. The van der Waals surface area contributed by atoms with Crippen molar-refractivity contribution in [3.05, 3.63) is 47.2 Å². The molecule has 6 nitrogen and oxygen atoms in total. The number of aromatic nitrogens is 2. The number of hydrogen-bond donors (Lipinski definition) is 2. The summed E-state index contributed by atoms with van der Waals surface area (Å²) in [6, 6.07) is 7.64. The van der Waals surface area contributed by atoms with Gasteiger partial charge in [0.1, 0.15) is 6.04 Å². The summed E-state index contributed by atoms with van der Waals surface area (Å²) in [5, 5.41) is 16.4. The van der Waals surface area contributed by atoms with Crippen molar-refractivity contribution in [2.45, 2.75) is 26.3 Å². The molecule has 0 spiro atoms. The van der Waals surface area contributed by atoms with E-state index in [9.17, 15) is 14.7 Å². The van der Waals surface area contributed by atoms with Gasteiger partial charge in [0.05, 0.1) is 5.69 Å². The number of rotatable bonds is 6. The van der Waals surface area contributed by atoms with Crippen molar-refractivity contribution in [2.75, 3.05) is 0 Å². The van der Waals surface area contributed by atoms with Crippen molar-refractivity contribution in [1.29, 1.82) is 0 Å². The second kappa shape index (κ2) is 7.28. The van der Waals surface area contributed by atoms with Crippen LogP contribution < -0.4 is 5.32 Å². The number of carboxylic acid groups (broad SMARTS) is 1. The standard InChI is InChI=1S/C16H18ClN3O3/c1-10(2)8-14(16(22)23)18-15(21)13-6-7-20(19-13)12-5-3-4-11(17)9-12/h3-7,9-10,14H,8H2,1-2H3,(H,18,21)(H,22,23)/t14-/m0/s1. The zero-order chi connectivity index (χ0) is 17.0. The van der Waals surface area contributed by atoms with E-state index >= 15 is 0 Å². The van der Waals surface area contributed by atoms with Gasteiger partial charge in [-0.25, -0.2) is 9.48 Å². The van der Waals surface area contributed by atoms with Crippen LogP contribution in [-0.2, 0) is 4.79 Å². The van der Waals surface area contributed by atoms with Crippen LogP contribution in [0.15, 0.2) is 36.5 Å². The molecular weight excluding hydrogens is 318 g/mol. The SMILES string of the molecule is CC(C)C[C@H](NC(=O)c1ccn(-c2cccc(Cl)c2)n1)C(=O)O. The minimum absolute atomic E-state index is 0.153. The summed E-state index contributed by atoms with van der Waals surface area (Å²) < 4.78 is 1.51. The molecule has 0 aliphatic heterocycles. The summed E-state index contributed by atoms with van der Waals surface area (Å²) in [4.78, 5) is 23.4. The van der Waals surface area contributed by atoms with Crippen molar-refractivity contribution < 1.29 is 14.7 Å². The summed E-state index contributed by atoms with van der Waals surface area (Å²) in [6.07, 6.45) is 1.98. The molecule has 0 fully saturated rings. The summed E-state index contributed by atoms with van der Waals surface area (Å²) in [6.45, 7) is 3.80. The van der Waals surface area contributed by atoms with Crippen LogP contribution in [0.4, 0.5) is 0 Å². The number of nitrogens with one attached hydrogen (secondary N) is 1. The summed E-state index contributed by atoms with van der Waals surface area (Å²) in [5.41, 5.74) is 0.869. The molecule has 7 heteroatoms. The zero-order valence-electron chi connectivity index (χ0n) is 12.9. The van der Waals surface area contributed by atoms with E-state index in [1.54, 1.807) is 30.5 Å². The number of carbonyl (C=O) groups is 2. The second-order valence-electron chi connectivity index (χ2n) is 5.62. The van der Waals surface area contributed by atoms with Crippen molar-refractivity contribution in [2.24, 2.45) is 5.92 Å². The zero-order valence-corrected chi connectivity index (χ0v) is 13.6. The predicted molar refractivity (Wildman–Crippen MR) is 86.9 cm³/mol. The van der Waals surface area contributed by atoms with Gasteiger partial charge in [-0.15, -0.1) is 0 Å². The number of nitrogens with zero attached hydrogens (tertiary/aromatic N) is 2. The van der Waals surface area contributed by atoms with Crippen LogP contribution in [0.5, 0.6) is 0 Å². The number of carboxylic acids is 1. The van der Waals surface area contributed by atoms with E-state index in [2.05, 4.69) is 10.4 Å². The van der Waals surface area contributed by atoms with Gasteiger partial charge in [0.2, 0.25) is 0 Å². The van der Waals surface area contributed by atoms with Gasteiger partial charge in [0, 0.05) is 11.2 Å². The average Bonchev–Trinajstić information content (AvgIpc) is 2.95. The molecule has 0 radical (unpaired) electrons. The number of halogens is 1. The highest BCUT2D eigenvalue weighted by Gasteiger charge is 2.22. The van der Waals surface area contributed by atoms with Crippen LogP contribution in [-0.4, -0.2) is 32.8 Å². The van der Waals surface area contributed by atoms with Crippen LogP contribution in [0.3, 0.4) is 0 Å². The predicted octanol–water partition coefficient (Wildman–Crippen LogP) is 2.75. The van der Waals surface area contributed by atoms with Crippen LogP contribution in [0.1, 0.15) is 30.8 Å². The van der Waals surface area contributed by atoms with Crippen molar-refractivity contribution >= 4 is 23.5 Å². The molecule has 0 unspecified atom stereocenters. The van der Waals surface area contributed by atoms with Gasteiger partial charge < -0.3 is 10.4 Å². The molecule has 1 aromatic carbocycles. The van der Waals surface area contributed by atoms with Gasteiger partial charge in [0.15, 0.2) is 5.69 Å². The molecular formula is C16H18ClN3O3. The summed E-state index contributed by atoms with van der Waals surface area (Å²) >= 11 is 5.93. The third kappa shape index (κ3) is 4.56. The maximum absolute atomic E-state index is 12.2. The Morgan fingerprint density at radius 1 is 1.35 bits per heavy atom. The van der Waals surface area contributed by atoms with Crippen molar-refractivity contribution in [3.63, 3.8) is 0 Å². The van der Waals surface area contributed by atoms with Crippen molar-refractivity contribution in [1.82, 2.24) is 15.1 Å². The number of hydrogen-bond acceptors (Lipinski definition) is 3. The molecule has 1 amide bonds. The maximum Gasteiger partial charge on any atom is 0.326 e. The minimum Gasteiger partial charge on any atom is -0.480 e. The topological polar surface area (TPSA) is 84.2 Å².